The number of β-amino-alcohol motifs (C(OH)–C–C–N with tert-alkyl or cyclic N) is 2. The molecule has 0 saturated carbocycles. The molecule has 1 aromatic heterocycles. The van der Waals surface area contributed by atoms with Crippen molar-refractivity contribution in [1.82, 2.24) is 9.21 Å². The number of amides is 1. The number of aliphatic hydroxyl groups is 2. The minimum absolute atomic E-state index is 0.0207. The van der Waals surface area contributed by atoms with E-state index in [2.05, 4.69) is 0 Å². The maximum absolute atomic E-state index is 12.1. The van der Waals surface area contributed by atoms with Gasteiger partial charge >= 0.3 is 0 Å². The van der Waals surface area contributed by atoms with E-state index in [1.54, 1.807) is 11.4 Å². The van der Waals surface area contributed by atoms with Crippen LogP contribution in [0.15, 0.2) is 21.7 Å². The van der Waals surface area contributed by atoms with Gasteiger partial charge in [-0.2, -0.15) is 4.31 Å². The lowest BCUT2D eigenvalue weighted by Crippen LogP contribution is -2.40. The lowest BCUT2D eigenvalue weighted by atomic mass is 10.3. The highest BCUT2D eigenvalue weighted by molar-refractivity contribution is 7.91. The molecular weight excluding hydrogens is 304 g/mol. The third-order valence-electron chi connectivity index (χ3n) is 3.13. The summed E-state index contributed by atoms with van der Waals surface area (Å²) in [6, 6.07) is 3.10. The van der Waals surface area contributed by atoms with E-state index in [-0.39, 0.29) is 23.8 Å². The highest BCUT2D eigenvalue weighted by Crippen LogP contribution is 2.20. The number of rotatable bonds is 4. The Kier molecular flexibility index (Phi) is 4.45. The first-order chi connectivity index (χ1) is 9.32. The van der Waals surface area contributed by atoms with Gasteiger partial charge in [0.15, 0.2) is 0 Å². The average Bonchev–Trinajstić information content (AvgIpc) is 3.00. The molecule has 1 saturated heterocycles. The first kappa shape index (κ1) is 15.4. The Hall–Kier alpha value is -1.00. The molecule has 1 aliphatic heterocycles. The molecule has 2 atom stereocenters. The molecule has 2 heterocycles. The minimum atomic E-state index is -3.67. The predicted octanol–water partition coefficient (Wildman–Crippen LogP) is -1.07. The van der Waals surface area contributed by atoms with Crippen LogP contribution >= 0.6 is 11.3 Å². The van der Waals surface area contributed by atoms with Crippen molar-refractivity contribution >= 4 is 27.3 Å². The number of hydrogen-bond donors (Lipinski definition) is 2. The number of carbonyl (C=O) groups excluding carboxylic acids is 1. The summed E-state index contributed by atoms with van der Waals surface area (Å²) in [5, 5.41) is 20.4. The zero-order valence-corrected chi connectivity index (χ0v) is 12.5. The van der Waals surface area contributed by atoms with Crippen LogP contribution < -0.4 is 0 Å². The van der Waals surface area contributed by atoms with Crippen molar-refractivity contribution in [2.24, 2.45) is 0 Å². The normalized spacial score (nSPS) is 23.5. The molecule has 1 fully saturated rings. The Morgan fingerprint density at radius 2 is 2.05 bits per heavy atom. The van der Waals surface area contributed by atoms with Crippen molar-refractivity contribution in [2.75, 3.05) is 26.7 Å². The Bertz CT molecular complexity index is 562. The van der Waals surface area contributed by atoms with Gasteiger partial charge in [0.2, 0.25) is 5.91 Å². The largest absolute Gasteiger partial charge is 0.388 e. The van der Waals surface area contributed by atoms with Crippen LogP contribution in [0, 0.1) is 0 Å². The van der Waals surface area contributed by atoms with E-state index in [0.717, 1.165) is 15.6 Å². The molecule has 0 bridgehead atoms. The van der Waals surface area contributed by atoms with Crippen LogP contribution in [0.3, 0.4) is 0 Å². The quantitative estimate of drug-likeness (QED) is 0.736. The van der Waals surface area contributed by atoms with Gasteiger partial charge < -0.3 is 15.1 Å². The number of carbonyl (C=O) groups is 1. The summed E-state index contributed by atoms with van der Waals surface area (Å²) in [6.45, 7) is -0.278. The van der Waals surface area contributed by atoms with Crippen LogP contribution in [0.2, 0.25) is 0 Å². The lowest BCUT2D eigenvalue weighted by molar-refractivity contribution is -0.130. The Morgan fingerprint density at radius 1 is 1.45 bits per heavy atom. The lowest BCUT2D eigenvalue weighted by Gasteiger charge is -2.20. The molecule has 112 valence electrons. The maximum atomic E-state index is 12.1. The van der Waals surface area contributed by atoms with Gasteiger partial charge in [-0.15, -0.1) is 11.3 Å². The van der Waals surface area contributed by atoms with Gasteiger partial charge in [0.05, 0.1) is 18.8 Å². The molecule has 2 unspecified atom stereocenters. The molecule has 2 N–H and O–H groups in total. The van der Waals surface area contributed by atoms with Gasteiger partial charge in [-0.25, -0.2) is 8.42 Å². The molecule has 0 spiro atoms. The zero-order chi connectivity index (χ0) is 14.9. The topological polar surface area (TPSA) is 98.2 Å². The van der Waals surface area contributed by atoms with Crippen LogP contribution in [-0.2, 0) is 14.8 Å². The Morgan fingerprint density at radius 3 is 2.55 bits per heavy atom. The second-order valence-electron chi connectivity index (χ2n) is 4.63. The highest BCUT2D eigenvalue weighted by atomic mass is 32.2. The molecular formula is C11H16N2O5S2. The van der Waals surface area contributed by atoms with E-state index in [0.29, 0.717) is 0 Å². The van der Waals surface area contributed by atoms with Crippen molar-refractivity contribution in [2.45, 2.75) is 16.4 Å². The zero-order valence-electron chi connectivity index (χ0n) is 10.8. The SMILES string of the molecule is CN(CC(=O)N1CC(O)C(O)C1)S(=O)(=O)c1cccs1. The monoisotopic (exact) mass is 320 g/mol. The van der Waals surface area contributed by atoms with Crippen molar-refractivity contribution in [3.63, 3.8) is 0 Å². The highest BCUT2D eigenvalue weighted by Gasteiger charge is 2.34. The van der Waals surface area contributed by atoms with Gasteiger partial charge in [-0.3, -0.25) is 4.79 Å². The second-order valence-corrected chi connectivity index (χ2v) is 7.85. The van der Waals surface area contributed by atoms with E-state index in [1.807, 2.05) is 0 Å². The molecule has 0 radical (unpaired) electrons. The Labute approximate surface area is 121 Å². The fourth-order valence-electron chi connectivity index (χ4n) is 1.91. The maximum Gasteiger partial charge on any atom is 0.252 e. The predicted molar refractivity (Wildman–Crippen MR) is 72.7 cm³/mol. The summed E-state index contributed by atoms with van der Waals surface area (Å²) in [6.07, 6.45) is -1.95. The summed E-state index contributed by atoms with van der Waals surface area (Å²) in [5.41, 5.74) is 0. The minimum Gasteiger partial charge on any atom is -0.388 e. The summed E-state index contributed by atoms with van der Waals surface area (Å²) >= 11 is 1.08. The number of sulfonamides is 1. The fourth-order valence-corrected chi connectivity index (χ4v) is 4.23. The smallest absolute Gasteiger partial charge is 0.252 e. The van der Waals surface area contributed by atoms with Crippen molar-refractivity contribution in [1.29, 1.82) is 0 Å². The van der Waals surface area contributed by atoms with E-state index in [4.69, 9.17) is 0 Å². The van der Waals surface area contributed by atoms with Gasteiger partial charge in [0.1, 0.15) is 4.21 Å². The molecule has 1 amide bonds. The van der Waals surface area contributed by atoms with E-state index in [1.165, 1.54) is 18.0 Å². The first-order valence-electron chi connectivity index (χ1n) is 5.96. The fraction of sp³-hybridized carbons (Fsp3) is 0.545. The molecule has 7 nitrogen and oxygen atoms in total. The van der Waals surface area contributed by atoms with E-state index < -0.39 is 28.1 Å². The van der Waals surface area contributed by atoms with Crippen LogP contribution in [0.4, 0.5) is 0 Å². The molecule has 1 aliphatic rings. The van der Waals surface area contributed by atoms with Gasteiger partial charge in [0, 0.05) is 20.1 Å². The van der Waals surface area contributed by atoms with Gasteiger partial charge in [-0.1, -0.05) is 6.07 Å². The number of aliphatic hydroxyl groups excluding tert-OH is 2. The average molecular weight is 320 g/mol. The van der Waals surface area contributed by atoms with Gasteiger partial charge in [0.25, 0.3) is 10.0 Å². The first-order valence-corrected chi connectivity index (χ1v) is 8.28. The molecule has 20 heavy (non-hydrogen) atoms. The molecule has 9 heteroatoms. The summed E-state index contributed by atoms with van der Waals surface area (Å²) in [7, 11) is -2.34. The number of nitrogens with zero attached hydrogens (tertiary/aromatic N) is 2. The second kappa shape index (κ2) is 5.78. The van der Waals surface area contributed by atoms with Crippen molar-refractivity contribution in [3.05, 3.63) is 17.5 Å². The van der Waals surface area contributed by atoms with E-state index in [9.17, 15) is 23.4 Å². The third-order valence-corrected chi connectivity index (χ3v) is 6.31. The summed E-state index contributed by atoms with van der Waals surface area (Å²) < 4.78 is 25.4. The number of likely N-dealkylation sites (tertiary alicyclic amines) is 1. The summed E-state index contributed by atoms with van der Waals surface area (Å²) in [5.74, 6) is -0.441. The summed E-state index contributed by atoms with van der Waals surface area (Å²) in [4.78, 5) is 13.2. The standard InChI is InChI=1S/C11H16N2O5S2/c1-12(20(17,18)11-3-2-4-19-11)7-10(16)13-5-8(14)9(15)6-13/h2-4,8-9,14-15H,5-7H2,1H3. The Balaban J connectivity index is 2.02. The third kappa shape index (κ3) is 3.01. The molecule has 2 rings (SSSR count). The van der Waals surface area contributed by atoms with Crippen molar-refractivity contribution < 1.29 is 23.4 Å². The molecule has 0 aliphatic carbocycles. The van der Waals surface area contributed by atoms with E-state index >= 15 is 0 Å². The van der Waals surface area contributed by atoms with Gasteiger partial charge in [-0.05, 0) is 11.4 Å². The number of likely N-dealkylation sites (N-methyl/N-ethyl adjacent to an activating group) is 1. The molecule has 1 aromatic rings. The number of hydrogen-bond acceptors (Lipinski definition) is 6. The van der Waals surface area contributed by atoms with Crippen LogP contribution in [0.1, 0.15) is 0 Å². The van der Waals surface area contributed by atoms with Crippen LogP contribution in [0.25, 0.3) is 0 Å². The van der Waals surface area contributed by atoms with Crippen molar-refractivity contribution in [3.8, 4) is 0 Å². The number of thiophene rings is 1. The van der Waals surface area contributed by atoms with Crippen LogP contribution in [-0.4, -0.2) is 72.6 Å². The van der Waals surface area contributed by atoms with Crippen LogP contribution in [0.5, 0.6) is 0 Å². The molecule has 0 aromatic carbocycles.